The third-order valence-corrected chi connectivity index (χ3v) is 2.99. The second kappa shape index (κ2) is 4.85. The van der Waals surface area contributed by atoms with Gasteiger partial charge in [0.15, 0.2) is 0 Å². The van der Waals surface area contributed by atoms with Gasteiger partial charge in [0, 0.05) is 10.9 Å². The molecule has 0 bridgehead atoms. The molecule has 1 aromatic rings. The second-order valence-corrected chi connectivity index (χ2v) is 6.04. The van der Waals surface area contributed by atoms with Crippen molar-refractivity contribution in [3.05, 3.63) is 34.3 Å². The predicted molar refractivity (Wildman–Crippen MR) is 61.6 cm³/mol. The lowest BCUT2D eigenvalue weighted by molar-refractivity contribution is 1.28. The van der Waals surface area contributed by atoms with E-state index < -0.39 is 0 Å². The summed E-state index contributed by atoms with van der Waals surface area (Å²) in [4.78, 5) is 0. The van der Waals surface area contributed by atoms with Gasteiger partial charge in [0.05, 0.1) is 3.74 Å². The Bertz CT molecular complexity index is 274. The lowest BCUT2D eigenvalue weighted by Gasteiger charge is -2.07. The molecule has 0 atom stereocenters. The molecule has 0 aliphatic carbocycles. The zero-order valence-corrected chi connectivity index (χ0v) is 10.7. The van der Waals surface area contributed by atoms with E-state index in [2.05, 4.69) is 31.9 Å². The van der Waals surface area contributed by atoms with Crippen molar-refractivity contribution in [2.24, 2.45) is 0 Å². The molecular weight excluding hydrogens is 327 g/mol. The Morgan fingerprint density at radius 3 is 2.50 bits per heavy atom. The van der Waals surface area contributed by atoms with Crippen molar-refractivity contribution < 1.29 is 0 Å². The molecule has 0 unspecified atom stereocenters. The molecule has 0 aliphatic heterocycles. The average Bonchev–Trinajstić information content (AvgIpc) is 2.03. The summed E-state index contributed by atoms with van der Waals surface area (Å²) in [5, 5.41) is 0.718. The number of hydrogen-bond acceptors (Lipinski definition) is 0. The Morgan fingerprint density at radius 2 is 2.00 bits per heavy atom. The topological polar surface area (TPSA) is 0 Å². The summed E-state index contributed by atoms with van der Waals surface area (Å²) in [6, 6.07) is 5.68. The monoisotopic (exact) mass is 330 g/mol. The lowest BCUT2D eigenvalue weighted by Crippen LogP contribution is -1.89. The van der Waals surface area contributed by atoms with Crippen LogP contribution in [0.3, 0.4) is 0 Å². The molecule has 66 valence electrons. The minimum atomic E-state index is 0.135. The molecule has 0 fully saturated rings. The van der Waals surface area contributed by atoms with E-state index >= 15 is 0 Å². The van der Waals surface area contributed by atoms with Gasteiger partial charge in [0.25, 0.3) is 0 Å². The summed E-state index contributed by atoms with van der Waals surface area (Å²) in [7, 11) is 0. The fourth-order valence-corrected chi connectivity index (χ4v) is 2.22. The van der Waals surface area contributed by atoms with Gasteiger partial charge in [-0.25, -0.2) is 0 Å². The Kier molecular flexibility index (Phi) is 4.38. The number of halogens is 4. The highest BCUT2D eigenvalue weighted by atomic mass is 79.9. The Morgan fingerprint density at radius 1 is 1.33 bits per heavy atom. The smallest absolute Gasteiger partial charge is 0.0949 e. The van der Waals surface area contributed by atoms with Crippen molar-refractivity contribution in [1.29, 1.82) is 0 Å². The molecule has 0 saturated heterocycles. The third kappa shape index (κ3) is 2.63. The summed E-state index contributed by atoms with van der Waals surface area (Å²) in [6.45, 7) is 0. The van der Waals surface area contributed by atoms with E-state index in [4.69, 9.17) is 23.2 Å². The predicted octanol–water partition coefficient (Wildman–Crippen LogP) is 4.87. The van der Waals surface area contributed by atoms with Gasteiger partial charge in [-0.1, -0.05) is 49.5 Å². The van der Waals surface area contributed by atoms with Gasteiger partial charge in [-0.15, -0.1) is 11.6 Å². The maximum atomic E-state index is 5.81. The first kappa shape index (κ1) is 10.8. The van der Waals surface area contributed by atoms with Crippen LogP contribution in [-0.4, -0.2) is 0 Å². The highest BCUT2D eigenvalue weighted by Gasteiger charge is 2.08. The molecule has 12 heavy (non-hydrogen) atoms. The lowest BCUT2D eigenvalue weighted by atomic mass is 10.1. The van der Waals surface area contributed by atoms with Crippen LogP contribution in [0.1, 0.15) is 14.9 Å². The van der Waals surface area contributed by atoms with Crippen molar-refractivity contribution in [1.82, 2.24) is 0 Å². The van der Waals surface area contributed by atoms with Gasteiger partial charge in [0.1, 0.15) is 0 Å². The molecule has 0 N–H and O–H groups in total. The normalized spacial score (nSPS) is 10.8. The average molecular weight is 333 g/mol. The van der Waals surface area contributed by atoms with Crippen molar-refractivity contribution in [3.63, 3.8) is 0 Å². The SMILES string of the molecule is ClCc1cc(Cl)ccc1C(Br)Br. The Balaban J connectivity index is 3.11. The minimum Gasteiger partial charge on any atom is -0.122 e. The molecule has 1 rings (SSSR count). The molecule has 0 spiro atoms. The van der Waals surface area contributed by atoms with Gasteiger partial charge in [0.2, 0.25) is 0 Å². The van der Waals surface area contributed by atoms with Crippen molar-refractivity contribution in [2.75, 3.05) is 0 Å². The highest BCUT2D eigenvalue weighted by Crippen LogP contribution is 2.33. The van der Waals surface area contributed by atoms with Gasteiger partial charge >= 0.3 is 0 Å². The third-order valence-electron chi connectivity index (χ3n) is 1.48. The summed E-state index contributed by atoms with van der Waals surface area (Å²) in [5.74, 6) is 0.476. The first-order valence-electron chi connectivity index (χ1n) is 3.27. The number of hydrogen-bond donors (Lipinski definition) is 0. The number of benzene rings is 1. The van der Waals surface area contributed by atoms with E-state index in [1.165, 1.54) is 0 Å². The second-order valence-electron chi connectivity index (χ2n) is 2.28. The van der Waals surface area contributed by atoms with E-state index in [9.17, 15) is 0 Å². The maximum Gasteiger partial charge on any atom is 0.0949 e. The first-order valence-corrected chi connectivity index (χ1v) is 6.02. The van der Waals surface area contributed by atoms with Crippen molar-refractivity contribution in [3.8, 4) is 0 Å². The summed E-state index contributed by atoms with van der Waals surface area (Å²) in [5.41, 5.74) is 2.16. The van der Waals surface area contributed by atoms with Crippen LogP contribution in [0.5, 0.6) is 0 Å². The number of rotatable bonds is 2. The van der Waals surface area contributed by atoms with E-state index in [0.717, 1.165) is 16.1 Å². The van der Waals surface area contributed by atoms with E-state index in [-0.39, 0.29) is 3.74 Å². The zero-order chi connectivity index (χ0) is 9.14. The van der Waals surface area contributed by atoms with E-state index in [0.29, 0.717) is 5.88 Å². The van der Waals surface area contributed by atoms with E-state index in [1.807, 2.05) is 18.2 Å². The molecule has 0 amide bonds. The van der Waals surface area contributed by atoms with Gasteiger partial charge in [-0.3, -0.25) is 0 Å². The van der Waals surface area contributed by atoms with Crippen molar-refractivity contribution >= 4 is 55.1 Å². The van der Waals surface area contributed by atoms with Gasteiger partial charge < -0.3 is 0 Å². The Hall–Kier alpha value is 0.760. The molecule has 4 heteroatoms. The molecule has 0 nitrogen and oxygen atoms in total. The highest BCUT2D eigenvalue weighted by molar-refractivity contribution is 9.24. The zero-order valence-electron chi connectivity index (χ0n) is 6.03. The molecular formula is C8H6Br2Cl2. The van der Waals surface area contributed by atoms with Gasteiger partial charge in [-0.2, -0.15) is 0 Å². The Labute approximate surface area is 98.5 Å². The molecule has 0 saturated carbocycles. The van der Waals surface area contributed by atoms with Crippen LogP contribution >= 0.6 is 55.1 Å². The van der Waals surface area contributed by atoms with Crippen LogP contribution in [0.15, 0.2) is 18.2 Å². The van der Waals surface area contributed by atoms with E-state index in [1.54, 1.807) is 0 Å². The minimum absolute atomic E-state index is 0.135. The molecule has 0 aliphatic rings. The first-order chi connectivity index (χ1) is 5.65. The molecule has 1 aromatic carbocycles. The van der Waals surface area contributed by atoms with Crippen LogP contribution in [-0.2, 0) is 5.88 Å². The van der Waals surface area contributed by atoms with Crippen LogP contribution in [0.25, 0.3) is 0 Å². The summed E-state index contributed by atoms with van der Waals surface area (Å²) in [6.07, 6.45) is 0. The molecule has 0 aromatic heterocycles. The summed E-state index contributed by atoms with van der Waals surface area (Å²) >= 11 is 18.4. The van der Waals surface area contributed by atoms with Crippen LogP contribution in [0.4, 0.5) is 0 Å². The van der Waals surface area contributed by atoms with Crippen LogP contribution < -0.4 is 0 Å². The van der Waals surface area contributed by atoms with Crippen molar-refractivity contribution in [2.45, 2.75) is 9.62 Å². The fourth-order valence-electron chi connectivity index (χ4n) is 0.903. The summed E-state index contributed by atoms with van der Waals surface area (Å²) < 4.78 is 0.135. The van der Waals surface area contributed by atoms with Crippen LogP contribution in [0.2, 0.25) is 5.02 Å². The maximum absolute atomic E-state index is 5.81. The van der Waals surface area contributed by atoms with Crippen LogP contribution in [0, 0.1) is 0 Å². The quantitative estimate of drug-likeness (QED) is 0.678. The standard InChI is InChI=1S/C8H6Br2Cl2/c9-8(10)7-2-1-6(12)3-5(7)4-11/h1-3,8H,4H2. The molecule has 0 heterocycles. The fraction of sp³-hybridized carbons (Fsp3) is 0.250. The van der Waals surface area contributed by atoms with Gasteiger partial charge in [-0.05, 0) is 23.3 Å². The largest absolute Gasteiger partial charge is 0.122 e. The number of alkyl halides is 3. The molecule has 0 radical (unpaired) electrons.